The number of aliphatic hydroxyl groups is 1. The summed E-state index contributed by atoms with van der Waals surface area (Å²) in [6.07, 6.45) is 5.02. The summed E-state index contributed by atoms with van der Waals surface area (Å²) < 4.78 is 16.0. The molecule has 25 heavy (non-hydrogen) atoms. The second-order valence-electron chi connectivity index (χ2n) is 6.73. The maximum Gasteiger partial charge on any atom is 0.141 e. The van der Waals surface area contributed by atoms with Crippen LogP contribution in [0.2, 0.25) is 0 Å². The predicted octanol–water partition coefficient (Wildman–Crippen LogP) is 2.22. The van der Waals surface area contributed by atoms with Gasteiger partial charge in [-0.1, -0.05) is 12.1 Å². The standard InChI is InChI=1S/C19H21N3O3/c1-2-21-8-6-12-13(4-3-5-14(12)21)19-20-7-9-22(19)15-10-24-18-16(23)11-25-17(15)18/h3-9,15-18,23H,2,10-11H2,1H3/t15-,16+,17+,18+/m0/s1. The molecule has 6 heteroatoms. The molecule has 0 amide bonds. The van der Waals surface area contributed by atoms with Gasteiger partial charge in [0.1, 0.15) is 24.1 Å². The van der Waals surface area contributed by atoms with Crippen LogP contribution in [0.3, 0.4) is 0 Å². The van der Waals surface area contributed by atoms with Crippen LogP contribution in [-0.4, -0.2) is 50.8 Å². The first kappa shape index (κ1) is 15.1. The zero-order chi connectivity index (χ0) is 17.0. The highest BCUT2D eigenvalue weighted by atomic mass is 16.6. The summed E-state index contributed by atoms with van der Waals surface area (Å²) >= 11 is 0. The molecule has 0 unspecified atom stereocenters. The molecule has 1 N–H and O–H groups in total. The number of aromatic nitrogens is 3. The van der Waals surface area contributed by atoms with E-state index in [4.69, 9.17) is 9.47 Å². The molecule has 0 aliphatic carbocycles. The topological polar surface area (TPSA) is 61.4 Å². The van der Waals surface area contributed by atoms with Gasteiger partial charge < -0.3 is 23.7 Å². The van der Waals surface area contributed by atoms with Crippen molar-refractivity contribution < 1.29 is 14.6 Å². The molecule has 3 aromatic rings. The van der Waals surface area contributed by atoms with Gasteiger partial charge in [0, 0.05) is 41.6 Å². The van der Waals surface area contributed by atoms with Crippen molar-refractivity contribution in [2.75, 3.05) is 13.2 Å². The Morgan fingerprint density at radius 1 is 1.16 bits per heavy atom. The number of hydrogen-bond donors (Lipinski definition) is 1. The van der Waals surface area contributed by atoms with E-state index < -0.39 is 6.10 Å². The summed E-state index contributed by atoms with van der Waals surface area (Å²) in [6.45, 7) is 3.95. The molecule has 0 saturated carbocycles. The van der Waals surface area contributed by atoms with Crippen molar-refractivity contribution in [3.05, 3.63) is 42.9 Å². The average molecular weight is 339 g/mol. The fraction of sp³-hybridized carbons (Fsp3) is 0.421. The van der Waals surface area contributed by atoms with Crippen LogP contribution in [0, 0.1) is 0 Å². The van der Waals surface area contributed by atoms with Gasteiger partial charge in [0.25, 0.3) is 0 Å². The zero-order valence-electron chi connectivity index (χ0n) is 14.1. The molecule has 0 radical (unpaired) electrons. The number of nitrogens with zero attached hydrogens (tertiary/aromatic N) is 3. The Kier molecular flexibility index (Phi) is 3.45. The Balaban J connectivity index is 1.59. The van der Waals surface area contributed by atoms with E-state index in [1.807, 2.05) is 12.4 Å². The molecule has 4 atom stereocenters. The van der Waals surface area contributed by atoms with Crippen molar-refractivity contribution in [2.45, 2.75) is 37.8 Å². The Labute approximate surface area is 145 Å². The van der Waals surface area contributed by atoms with Crippen LogP contribution in [-0.2, 0) is 16.0 Å². The average Bonchev–Trinajstić information content (AvgIpc) is 3.39. The molecule has 1 aromatic carbocycles. The third-order valence-corrected chi connectivity index (χ3v) is 5.42. The molecule has 2 aliphatic heterocycles. The molecule has 2 aliphatic rings. The molecule has 2 fully saturated rings. The lowest BCUT2D eigenvalue weighted by molar-refractivity contribution is 0.0172. The van der Waals surface area contributed by atoms with Gasteiger partial charge in [-0.2, -0.15) is 0 Å². The van der Waals surface area contributed by atoms with Gasteiger partial charge in [-0.15, -0.1) is 0 Å². The molecule has 130 valence electrons. The molecule has 2 aromatic heterocycles. The van der Waals surface area contributed by atoms with Crippen molar-refractivity contribution in [3.63, 3.8) is 0 Å². The summed E-state index contributed by atoms with van der Waals surface area (Å²) in [7, 11) is 0. The Morgan fingerprint density at radius 2 is 2.04 bits per heavy atom. The Hall–Kier alpha value is -2.15. The van der Waals surface area contributed by atoms with Crippen LogP contribution >= 0.6 is 0 Å². The summed E-state index contributed by atoms with van der Waals surface area (Å²) in [5.41, 5.74) is 2.32. The van der Waals surface area contributed by atoms with E-state index in [0.29, 0.717) is 13.2 Å². The monoisotopic (exact) mass is 339 g/mol. The first-order valence-corrected chi connectivity index (χ1v) is 8.80. The van der Waals surface area contributed by atoms with Gasteiger partial charge in [-0.3, -0.25) is 0 Å². The van der Waals surface area contributed by atoms with Gasteiger partial charge in [-0.05, 0) is 19.1 Å². The molecule has 4 heterocycles. The third kappa shape index (κ3) is 2.18. The SMILES string of the molecule is CCn1ccc2c(-c3nccn3[C@H]3CO[C@H]4[C@@H]3OC[C@H]4O)cccc21. The summed E-state index contributed by atoms with van der Waals surface area (Å²) in [4.78, 5) is 4.63. The second-order valence-corrected chi connectivity index (χ2v) is 6.73. The van der Waals surface area contributed by atoms with Crippen LogP contribution in [0.25, 0.3) is 22.3 Å². The van der Waals surface area contributed by atoms with Crippen LogP contribution in [0.4, 0.5) is 0 Å². The van der Waals surface area contributed by atoms with Gasteiger partial charge >= 0.3 is 0 Å². The fourth-order valence-electron chi connectivity index (χ4n) is 4.18. The van der Waals surface area contributed by atoms with Crippen molar-refractivity contribution in [2.24, 2.45) is 0 Å². The van der Waals surface area contributed by atoms with E-state index in [1.54, 1.807) is 0 Å². The minimum Gasteiger partial charge on any atom is -0.388 e. The number of ether oxygens (including phenoxy) is 2. The quantitative estimate of drug-likeness (QED) is 0.795. The number of aryl methyl sites for hydroxylation is 1. The normalized spacial score (nSPS) is 28.7. The summed E-state index contributed by atoms with van der Waals surface area (Å²) in [5, 5.41) is 11.2. The maximum atomic E-state index is 9.99. The largest absolute Gasteiger partial charge is 0.388 e. The molecule has 0 bridgehead atoms. The van der Waals surface area contributed by atoms with Crippen LogP contribution in [0.1, 0.15) is 13.0 Å². The summed E-state index contributed by atoms with van der Waals surface area (Å²) in [6, 6.07) is 8.51. The number of rotatable bonds is 3. The van der Waals surface area contributed by atoms with Crippen molar-refractivity contribution in [1.82, 2.24) is 14.1 Å². The Morgan fingerprint density at radius 3 is 2.92 bits per heavy atom. The number of fused-ring (bicyclic) bond motifs is 2. The second kappa shape index (κ2) is 5.69. The molecule has 5 rings (SSSR count). The van der Waals surface area contributed by atoms with E-state index in [0.717, 1.165) is 17.9 Å². The lowest BCUT2D eigenvalue weighted by Gasteiger charge is -2.20. The number of imidazole rings is 1. The number of benzene rings is 1. The number of aliphatic hydroxyl groups excluding tert-OH is 1. The summed E-state index contributed by atoms with van der Waals surface area (Å²) in [5.74, 6) is 0.915. The maximum absolute atomic E-state index is 9.99. The van der Waals surface area contributed by atoms with E-state index in [9.17, 15) is 5.11 Å². The van der Waals surface area contributed by atoms with Gasteiger partial charge in [0.05, 0.1) is 19.3 Å². The highest BCUT2D eigenvalue weighted by Gasteiger charge is 2.48. The lowest BCUT2D eigenvalue weighted by Crippen LogP contribution is -2.30. The minimum absolute atomic E-state index is 0.0307. The number of hydrogen-bond acceptors (Lipinski definition) is 4. The molecular weight excluding hydrogens is 318 g/mol. The third-order valence-electron chi connectivity index (χ3n) is 5.42. The van der Waals surface area contributed by atoms with Gasteiger partial charge in [0.2, 0.25) is 0 Å². The molecule has 0 spiro atoms. The zero-order valence-corrected chi connectivity index (χ0v) is 14.1. The molecule has 2 saturated heterocycles. The lowest BCUT2D eigenvalue weighted by atomic mass is 10.1. The van der Waals surface area contributed by atoms with E-state index in [2.05, 4.69) is 51.5 Å². The van der Waals surface area contributed by atoms with Crippen molar-refractivity contribution in [1.29, 1.82) is 0 Å². The predicted molar refractivity (Wildman–Crippen MR) is 93.4 cm³/mol. The smallest absolute Gasteiger partial charge is 0.141 e. The fourth-order valence-corrected chi connectivity index (χ4v) is 4.18. The van der Waals surface area contributed by atoms with Crippen LogP contribution < -0.4 is 0 Å². The van der Waals surface area contributed by atoms with Crippen molar-refractivity contribution >= 4 is 10.9 Å². The van der Waals surface area contributed by atoms with Crippen LogP contribution in [0.15, 0.2) is 42.9 Å². The van der Waals surface area contributed by atoms with E-state index in [-0.39, 0.29) is 18.2 Å². The van der Waals surface area contributed by atoms with Gasteiger partial charge in [-0.25, -0.2) is 4.98 Å². The van der Waals surface area contributed by atoms with Gasteiger partial charge in [0.15, 0.2) is 0 Å². The highest BCUT2D eigenvalue weighted by molar-refractivity contribution is 5.94. The molecule has 6 nitrogen and oxygen atoms in total. The minimum atomic E-state index is -0.538. The first-order valence-electron chi connectivity index (χ1n) is 8.80. The molecular formula is C19H21N3O3. The van der Waals surface area contributed by atoms with E-state index in [1.165, 1.54) is 10.9 Å². The van der Waals surface area contributed by atoms with Crippen molar-refractivity contribution in [3.8, 4) is 11.4 Å². The Bertz CT molecular complexity index is 916. The first-order chi connectivity index (χ1) is 12.3. The van der Waals surface area contributed by atoms with Crippen LogP contribution in [0.5, 0.6) is 0 Å². The van der Waals surface area contributed by atoms with E-state index >= 15 is 0 Å². The highest BCUT2D eigenvalue weighted by Crippen LogP contribution is 2.37.